The summed E-state index contributed by atoms with van der Waals surface area (Å²) in [6.45, 7) is 8.60. The average molecular weight is 336 g/mol. The number of carbonyl (C=O) groups is 1. The summed E-state index contributed by atoms with van der Waals surface area (Å²) >= 11 is 0. The van der Waals surface area contributed by atoms with Crippen molar-refractivity contribution in [1.29, 1.82) is 0 Å². The highest BCUT2D eigenvalue weighted by Gasteiger charge is 2.19. The molecule has 1 aliphatic heterocycles. The Morgan fingerprint density at radius 1 is 1.25 bits per heavy atom. The van der Waals surface area contributed by atoms with Crippen LogP contribution in [0.4, 0.5) is 0 Å². The van der Waals surface area contributed by atoms with Gasteiger partial charge in [0, 0.05) is 51.0 Å². The topological polar surface area (TPSA) is 78.5 Å². The lowest BCUT2D eigenvalue weighted by atomic mass is 10.1. The number of aryl methyl sites for hydroxylation is 2. The van der Waals surface area contributed by atoms with Crippen molar-refractivity contribution >= 4 is 5.91 Å². The summed E-state index contributed by atoms with van der Waals surface area (Å²) in [6.07, 6.45) is 1.77. The van der Waals surface area contributed by atoms with Gasteiger partial charge in [-0.1, -0.05) is 0 Å². The van der Waals surface area contributed by atoms with Crippen LogP contribution < -0.4 is 5.56 Å². The van der Waals surface area contributed by atoms with E-state index >= 15 is 0 Å². The molecule has 0 atom stereocenters. The summed E-state index contributed by atoms with van der Waals surface area (Å²) in [5, 5.41) is 0. The molecule has 1 saturated heterocycles. The van der Waals surface area contributed by atoms with Crippen molar-refractivity contribution in [2.75, 3.05) is 46.4 Å². The molecule has 1 aromatic rings. The third-order valence-electron chi connectivity index (χ3n) is 4.48. The molecule has 0 saturated carbocycles. The van der Waals surface area contributed by atoms with Gasteiger partial charge in [0.2, 0.25) is 5.91 Å². The third-order valence-corrected chi connectivity index (χ3v) is 4.48. The number of nitrogens with one attached hydrogen (secondary N) is 1. The van der Waals surface area contributed by atoms with E-state index in [9.17, 15) is 9.59 Å². The number of hydrogen-bond donors (Lipinski definition) is 1. The number of ether oxygens (including phenoxy) is 1. The minimum Gasteiger partial charge on any atom is -0.383 e. The van der Waals surface area contributed by atoms with Crippen LogP contribution in [0.2, 0.25) is 0 Å². The maximum Gasteiger partial charge on any atom is 0.254 e. The van der Waals surface area contributed by atoms with Crippen LogP contribution in [0, 0.1) is 13.8 Å². The number of amides is 1. The summed E-state index contributed by atoms with van der Waals surface area (Å²) in [5.74, 6) is 0.721. The smallest absolute Gasteiger partial charge is 0.254 e. The molecule has 2 rings (SSSR count). The molecule has 2 heterocycles. The van der Waals surface area contributed by atoms with Crippen LogP contribution in [-0.2, 0) is 16.0 Å². The minimum absolute atomic E-state index is 0.114. The highest BCUT2D eigenvalue weighted by atomic mass is 16.5. The molecular weight excluding hydrogens is 308 g/mol. The van der Waals surface area contributed by atoms with E-state index in [1.807, 2.05) is 11.8 Å². The first kappa shape index (κ1) is 18.6. The van der Waals surface area contributed by atoms with Gasteiger partial charge in [0.15, 0.2) is 0 Å². The number of rotatable bonds is 6. The molecule has 1 aliphatic rings. The number of methoxy groups -OCH3 is 1. The number of carbonyl (C=O) groups excluding carboxylic acids is 1. The highest BCUT2D eigenvalue weighted by Crippen LogP contribution is 2.08. The van der Waals surface area contributed by atoms with Crippen molar-refractivity contribution in [2.45, 2.75) is 33.1 Å². The van der Waals surface area contributed by atoms with E-state index in [0.29, 0.717) is 29.9 Å². The van der Waals surface area contributed by atoms with Gasteiger partial charge in [0.1, 0.15) is 5.82 Å². The van der Waals surface area contributed by atoms with Crippen molar-refractivity contribution in [3.63, 3.8) is 0 Å². The number of aromatic nitrogens is 2. The summed E-state index contributed by atoms with van der Waals surface area (Å²) < 4.78 is 5.12. The Bertz CT molecular complexity index is 614. The quantitative estimate of drug-likeness (QED) is 0.818. The van der Waals surface area contributed by atoms with Crippen molar-refractivity contribution in [2.24, 2.45) is 0 Å². The molecule has 134 valence electrons. The second-order valence-corrected chi connectivity index (χ2v) is 6.28. The predicted octanol–water partition coefficient (Wildman–Crippen LogP) is 0.500. The van der Waals surface area contributed by atoms with E-state index in [-0.39, 0.29) is 11.5 Å². The van der Waals surface area contributed by atoms with Gasteiger partial charge in [0.25, 0.3) is 5.56 Å². The Labute approximate surface area is 143 Å². The molecule has 1 aromatic heterocycles. The number of H-pyrrole nitrogens is 1. The maximum absolute atomic E-state index is 12.5. The Morgan fingerprint density at radius 2 is 2.04 bits per heavy atom. The van der Waals surface area contributed by atoms with Crippen LogP contribution in [0.1, 0.15) is 29.9 Å². The SMILES string of the molecule is COCCN1CCCN(C(=O)CCc2c(C)nc(C)[nH]c2=O)CC1. The first-order valence-electron chi connectivity index (χ1n) is 8.56. The normalized spacial score (nSPS) is 16.2. The first-order chi connectivity index (χ1) is 11.5. The summed E-state index contributed by atoms with van der Waals surface area (Å²) in [5.41, 5.74) is 1.20. The molecule has 0 spiro atoms. The maximum atomic E-state index is 12.5. The van der Waals surface area contributed by atoms with Gasteiger partial charge in [-0.15, -0.1) is 0 Å². The van der Waals surface area contributed by atoms with E-state index in [1.54, 1.807) is 14.0 Å². The summed E-state index contributed by atoms with van der Waals surface area (Å²) in [6, 6.07) is 0. The molecule has 0 unspecified atom stereocenters. The van der Waals surface area contributed by atoms with Crippen LogP contribution in [-0.4, -0.2) is 72.1 Å². The fraction of sp³-hybridized carbons (Fsp3) is 0.706. The lowest BCUT2D eigenvalue weighted by molar-refractivity contribution is -0.131. The zero-order chi connectivity index (χ0) is 17.5. The Hall–Kier alpha value is -1.73. The second kappa shape index (κ2) is 8.94. The molecule has 0 aromatic carbocycles. The van der Waals surface area contributed by atoms with Crippen molar-refractivity contribution in [3.05, 3.63) is 27.4 Å². The molecule has 24 heavy (non-hydrogen) atoms. The Morgan fingerprint density at radius 3 is 2.75 bits per heavy atom. The standard InChI is InChI=1S/C17H28N4O3/c1-13-15(17(23)19-14(2)18-13)5-6-16(22)21-8-4-7-20(9-10-21)11-12-24-3/h4-12H2,1-3H3,(H,18,19,23). The van der Waals surface area contributed by atoms with Crippen molar-refractivity contribution < 1.29 is 9.53 Å². The molecule has 0 aliphatic carbocycles. The van der Waals surface area contributed by atoms with Crippen LogP contribution >= 0.6 is 0 Å². The van der Waals surface area contributed by atoms with E-state index in [1.165, 1.54) is 0 Å². The van der Waals surface area contributed by atoms with Crippen LogP contribution in [0.15, 0.2) is 4.79 Å². The fourth-order valence-electron chi connectivity index (χ4n) is 3.10. The zero-order valence-electron chi connectivity index (χ0n) is 14.9. The predicted molar refractivity (Wildman–Crippen MR) is 92.2 cm³/mol. The molecule has 0 bridgehead atoms. The molecule has 1 N–H and O–H groups in total. The number of nitrogens with zero attached hydrogens (tertiary/aromatic N) is 3. The van der Waals surface area contributed by atoms with Crippen LogP contribution in [0.5, 0.6) is 0 Å². The van der Waals surface area contributed by atoms with Crippen molar-refractivity contribution in [1.82, 2.24) is 19.8 Å². The van der Waals surface area contributed by atoms with Gasteiger partial charge in [-0.3, -0.25) is 14.5 Å². The average Bonchev–Trinajstić information content (AvgIpc) is 2.77. The van der Waals surface area contributed by atoms with Crippen molar-refractivity contribution in [3.8, 4) is 0 Å². The van der Waals surface area contributed by atoms with E-state index < -0.39 is 0 Å². The van der Waals surface area contributed by atoms with Gasteiger partial charge in [0.05, 0.1) is 6.61 Å². The monoisotopic (exact) mass is 336 g/mol. The van der Waals surface area contributed by atoms with Crippen LogP contribution in [0.3, 0.4) is 0 Å². The zero-order valence-corrected chi connectivity index (χ0v) is 14.9. The lowest BCUT2D eigenvalue weighted by Gasteiger charge is -2.22. The molecule has 1 amide bonds. The highest BCUT2D eigenvalue weighted by molar-refractivity contribution is 5.76. The molecule has 7 nitrogen and oxygen atoms in total. The summed E-state index contributed by atoms with van der Waals surface area (Å²) in [7, 11) is 1.71. The van der Waals surface area contributed by atoms with E-state index in [4.69, 9.17) is 4.74 Å². The van der Waals surface area contributed by atoms with Crippen LogP contribution in [0.25, 0.3) is 0 Å². The Balaban J connectivity index is 1.88. The lowest BCUT2D eigenvalue weighted by Crippen LogP contribution is -2.36. The van der Waals surface area contributed by atoms with E-state index in [0.717, 1.165) is 45.8 Å². The fourth-order valence-corrected chi connectivity index (χ4v) is 3.10. The largest absolute Gasteiger partial charge is 0.383 e. The van der Waals surface area contributed by atoms with Gasteiger partial charge in [-0.05, 0) is 33.2 Å². The second-order valence-electron chi connectivity index (χ2n) is 6.28. The summed E-state index contributed by atoms with van der Waals surface area (Å²) in [4.78, 5) is 35.7. The molecule has 0 radical (unpaired) electrons. The molecular formula is C17H28N4O3. The van der Waals surface area contributed by atoms with Gasteiger partial charge in [-0.25, -0.2) is 4.98 Å². The van der Waals surface area contributed by atoms with Gasteiger partial charge in [-0.2, -0.15) is 0 Å². The minimum atomic E-state index is -0.130. The molecule has 1 fully saturated rings. The van der Waals surface area contributed by atoms with E-state index in [2.05, 4.69) is 14.9 Å². The molecule has 7 heteroatoms. The third kappa shape index (κ3) is 5.14. The van der Waals surface area contributed by atoms with Gasteiger partial charge >= 0.3 is 0 Å². The first-order valence-corrected chi connectivity index (χ1v) is 8.56. The Kier molecular flexibility index (Phi) is 6.93. The van der Waals surface area contributed by atoms with Gasteiger partial charge < -0.3 is 14.6 Å². The number of aromatic amines is 1. The number of hydrogen-bond acceptors (Lipinski definition) is 5.